The predicted octanol–water partition coefficient (Wildman–Crippen LogP) is 3.47. The topological polar surface area (TPSA) is 78.6 Å². The smallest absolute Gasteiger partial charge is 0.323 e. The van der Waals surface area contributed by atoms with E-state index in [1.54, 1.807) is 0 Å². The first-order valence-corrected chi connectivity index (χ1v) is 7.90. The highest BCUT2D eigenvalue weighted by molar-refractivity contribution is 5.85. The molecule has 0 radical (unpaired) electrons. The van der Waals surface area contributed by atoms with Gasteiger partial charge in [-0.2, -0.15) is 0 Å². The molecule has 0 bridgehead atoms. The summed E-state index contributed by atoms with van der Waals surface area (Å²) >= 11 is 0. The highest BCUT2D eigenvalue weighted by Gasteiger charge is 2.27. The SMILES string of the molecule is CC(OC(=O)CC[C@@H](N)C(=O)OC(C)C(C)(C)C)C(C)(C)C.Cl. The first-order chi connectivity index (χ1) is 9.75. The fourth-order valence-corrected chi connectivity index (χ4v) is 1.26. The lowest BCUT2D eigenvalue weighted by molar-refractivity contribution is -0.156. The summed E-state index contributed by atoms with van der Waals surface area (Å²) in [6, 6.07) is -0.803. The second-order valence-corrected chi connectivity index (χ2v) is 8.09. The van der Waals surface area contributed by atoms with Crippen LogP contribution in [-0.4, -0.2) is 30.2 Å². The van der Waals surface area contributed by atoms with Crippen LogP contribution in [0.5, 0.6) is 0 Å². The van der Waals surface area contributed by atoms with Gasteiger partial charge in [-0.25, -0.2) is 0 Å². The lowest BCUT2D eigenvalue weighted by Gasteiger charge is -2.28. The number of hydrogen-bond donors (Lipinski definition) is 1. The Morgan fingerprint density at radius 2 is 1.30 bits per heavy atom. The van der Waals surface area contributed by atoms with Gasteiger partial charge in [-0.15, -0.1) is 12.4 Å². The Morgan fingerprint density at radius 1 is 0.913 bits per heavy atom. The van der Waals surface area contributed by atoms with E-state index in [1.807, 2.05) is 55.4 Å². The summed E-state index contributed by atoms with van der Waals surface area (Å²) in [6.07, 6.45) is -0.0885. The van der Waals surface area contributed by atoms with Crippen LogP contribution in [0.25, 0.3) is 0 Å². The van der Waals surface area contributed by atoms with E-state index in [0.29, 0.717) is 0 Å². The summed E-state index contributed by atoms with van der Waals surface area (Å²) < 4.78 is 10.7. The second kappa shape index (κ2) is 9.48. The number of halogens is 1. The normalized spacial score (nSPS) is 15.9. The number of ether oxygens (including phenoxy) is 2. The van der Waals surface area contributed by atoms with Gasteiger partial charge in [-0.1, -0.05) is 41.5 Å². The lowest BCUT2D eigenvalue weighted by Crippen LogP contribution is -2.38. The maximum atomic E-state index is 11.9. The molecule has 0 aliphatic carbocycles. The molecule has 0 heterocycles. The molecule has 0 rings (SSSR count). The molecule has 5 nitrogen and oxygen atoms in total. The van der Waals surface area contributed by atoms with Crippen LogP contribution in [0.3, 0.4) is 0 Å². The fraction of sp³-hybridized carbons (Fsp3) is 0.882. The number of carbonyl (C=O) groups excluding carboxylic acids is 2. The van der Waals surface area contributed by atoms with Crippen LogP contribution in [0.1, 0.15) is 68.2 Å². The van der Waals surface area contributed by atoms with E-state index in [-0.39, 0.29) is 54.3 Å². The molecule has 0 aliphatic heterocycles. The molecule has 0 aromatic heterocycles. The molecular weight excluding hydrogens is 318 g/mol. The standard InChI is InChI=1S/C17H33NO4.ClH/c1-11(16(3,4)5)21-14(19)10-9-13(18)15(20)22-12(2)17(6,7)8;/h11-13H,9-10,18H2,1-8H3;1H/t11?,12?,13-;/m1./s1. The molecule has 0 aromatic rings. The Kier molecular flexibility index (Phi) is 10.1. The molecular formula is C17H34ClNO4. The van der Waals surface area contributed by atoms with E-state index < -0.39 is 12.0 Å². The highest BCUT2D eigenvalue weighted by atomic mass is 35.5. The molecule has 0 saturated heterocycles. The van der Waals surface area contributed by atoms with Crippen molar-refractivity contribution in [1.29, 1.82) is 0 Å². The van der Waals surface area contributed by atoms with Gasteiger partial charge >= 0.3 is 11.9 Å². The first kappa shape index (κ1) is 24.4. The van der Waals surface area contributed by atoms with Crippen LogP contribution in [-0.2, 0) is 19.1 Å². The van der Waals surface area contributed by atoms with Crippen molar-refractivity contribution in [2.45, 2.75) is 86.5 Å². The third kappa shape index (κ3) is 9.82. The van der Waals surface area contributed by atoms with Crippen LogP contribution >= 0.6 is 12.4 Å². The van der Waals surface area contributed by atoms with Crippen molar-refractivity contribution in [3.05, 3.63) is 0 Å². The molecule has 3 atom stereocenters. The molecule has 0 amide bonds. The zero-order valence-corrected chi connectivity index (χ0v) is 16.6. The summed E-state index contributed by atoms with van der Waals surface area (Å²) in [5.74, 6) is -0.811. The minimum atomic E-state index is -0.803. The van der Waals surface area contributed by atoms with Gasteiger partial charge in [0, 0.05) is 6.42 Å². The number of hydrogen-bond acceptors (Lipinski definition) is 5. The van der Waals surface area contributed by atoms with Crippen molar-refractivity contribution in [1.82, 2.24) is 0 Å². The maximum Gasteiger partial charge on any atom is 0.323 e. The zero-order valence-electron chi connectivity index (χ0n) is 15.8. The molecule has 0 spiro atoms. The van der Waals surface area contributed by atoms with Crippen LogP contribution in [0, 0.1) is 10.8 Å². The largest absolute Gasteiger partial charge is 0.462 e. The van der Waals surface area contributed by atoms with Gasteiger partial charge in [0.05, 0.1) is 0 Å². The van der Waals surface area contributed by atoms with Crippen LogP contribution < -0.4 is 5.73 Å². The van der Waals surface area contributed by atoms with Gasteiger partial charge in [-0.05, 0) is 31.1 Å². The fourth-order valence-electron chi connectivity index (χ4n) is 1.26. The molecule has 0 aromatic carbocycles. The van der Waals surface area contributed by atoms with Crippen LogP contribution in [0.15, 0.2) is 0 Å². The van der Waals surface area contributed by atoms with Gasteiger partial charge in [0.25, 0.3) is 0 Å². The highest BCUT2D eigenvalue weighted by Crippen LogP contribution is 2.23. The second-order valence-electron chi connectivity index (χ2n) is 8.09. The zero-order chi connectivity index (χ0) is 17.7. The van der Waals surface area contributed by atoms with E-state index in [2.05, 4.69) is 0 Å². The average molecular weight is 352 g/mol. The Balaban J connectivity index is 0. The van der Waals surface area contributed by atoms with Gasteiger partial charge in [0.15, 0.2) is 0 Å². The van der Waals surface area contributed by atoms with E-state index >= 15 is 0 Å². The monoisotopic (exact) mass is 351 g/mol. The number of carbonyl (C=O) groups is 2. The number of rotatable bonds is 6. The van der Waals surface area contributed by atoms with Crippen molar-refractivity contribution in [2.75, 3.05) is 0 Å². The summed E-state index contributed by atoms with van der Waals surface area (Å²) in [6.45, 7) is 15.7. The Morgan fingerprint density at radius 3 is 1.70 bits per heavy atom. The van der Waals surface area contributed by atoms with E-state index in [9.17, 15) is 9.59 Å². The number of nitrogens with two attached hydrogens (primary N) is 1. The maximum absolute atomic E-state index is 11.9. The number of esters is 2. The van der Waals surface area contributed by atoms with Gasteiger partial charge in [-0.3, -0.25) is 9.59 Å². The summed E-state index contributed by atoms with van der Waals surface area (Å²) in [7, 11) is 0. The van der Waals surface area contributed by atoms with Crippen molar-refractivity contribution in [3.8, 4) is 0 Å². The molecule has 138 valence electrons. The van der Waals surface area contributed by atoms with Gasteiger partial charge in [0.1, 0.15) is 18.2 Å². The molecule has 0 fully saturated rings. The van der Waals surface area contributed by atoms with Gasteiger partial charge in [0.2, 0.25) is 0 Å². The van der Waals surface area contributed by atoms with E-state index in [0.717, 1.165) is 0 Å². The molecule has 2 unspecified atom stereocenters. The first-order valence-electron chi connectivity index (χ1n) is 7.90. The summed E-state index contributed by atoms with van der Waals surface area (Å²) in [4.78, 5) is 23.7. The summed E-state index contributed by atoms with van der Waals surface area (Å²) in [5.41, 5.74) is 5.54. The van der Waals surface area contributed by atoms with Crippen molar-refractivity contribution in [2.24, 2.45) is 16.6 Å². The Labute approximate surface area is 147 Å². The third-order valence-electron chi connectivity index (χ3n) is 4.00. The van der Waals surface area contributed by atoms with Crippen molar-refractivity contribution < 1.29 is 19.1 Å². The molecule has 6 heteroatoms. The van der Waals surface area contributed by atoms with Gasteiger partial charge < -0.3 is 15.2 Å². The lowest BCUT2D eigenvalue weighted by atomic mass is 9.90. The van der Waals surface area contributed by atoms with Crippen LogP contribution in [0.4, 0.5) is 0 Å². The van der Waals surface area contributed by atoms with Crippen LogP contribution in [0.2, 0.25) is 0 Å². The minimum Gasteiger partial charge on any atom is -0.462 e. The van der Waals surface area contributed by atoms with Crippen molar-refractivity contribution >= 4 is 24.3 Å². The average Bonchev–Trinajstić information content (AvgIpc) is 2.33. The third-order valence-corrected chi connectivity index (χ3v) is 4.00. The molecule has 23 heavy (non-hydrogen) atoms. The van der Waals surface area contributed by atoms with E-state index in [4.69, 9.17) is 15.2 Å². The Bertz CT molecular complexity index is 385. The minimum absolute atomic E-state index is 0. The molecule has 0 saturated carbocycles. The molecule has 0 aliphatic rings. The quantitative estimate of drug-likeness (QED) is 0.741. The Hall–Kier alpha value is -0.810. The molecule has 2 N–H and O–H groups in total. The van der Waals surface area contributed by atoms with Crippen molar-refractivity contribution in [3.63, 3.8) is 0 Å². The van der Waals surface area contributed by atoms with E-state index in [1.165, 1.54) is 0 Å². The predicted molar refractivity (Wildman–Crippen MR) is 94.5 cm³/mol. The summed E-state index contributed by atoms with van der Waals surface area (Å²) in [5, 5.41) is 0.